The lowest BCUT2D eigenvalue weighted by molar-refractivity contribution is -0.138. The van der Waals surface area contributed by atoms with Crippen molar-refractivity contribution in [2.24, 2.45) is 0 Å². The molecule has 0 spiro atoms. The Kier molecular flexibility index (Phi) is 5.71. The maximum absolute atomic E-state index is 12.7. The number of amides is 2. The van der Waals surface area contributed by atoms with Gasteiger partial charge in [0.05, 0.1) is 23.9 Å². The quantitative estimate of drug-likeness (QED) is 0.738. The van der Waals surface area contributed by atoms with Gasteiger partial charge in [-0.15, -0.1) is 0 Å². The second-order valence-corrected chi connectivity index (χ2v) is 4.26. The van der Waals surface area contributed by atoms with Gasteiger partial charge < -0.3 is 15.7 Å². The van der Waals surface area contributed by atoms with Crippen LogP contribution < -0.4 is 10.6 Å². The highest BCUT2D eigenvalue weighted by Gasteiger charge is 2.34. The number of carbonyl (C=O) groups excluding carboxylic acids is 2. The minimum absolute atomic E-state index is 0.366. The molecule has 1 unspecified atom stereocenters. The third-order valence-corrected chi connectivity index (χ3v) is 2.74. The van der Waals surface area contributed by atoms with Crippen molar-refractivity contribution in [3.05, 3.63) is 29.8 Å². The van der Waals surface area contributed by atoms with Crippen LogP contribution in [0.15, 0.2) is 24.3 Å². The van der Waals surface area contributed by atoms with Crippen molar-refractivity contribution < 1.29 is 27.9 Å². The van der Waals surface area contributed by atoms with Crippen LogP contribution in [-0.4, -0.2) is 29.6 Å². The predicted octanol–water partition coefficient (Wildman–Crippen LogP) is 1.53. The SMILES string of the molecule is CCC(CO)NC(=O)C(=O)Nc1ccccc1C(F)(F)F. The average Bonchev–Trinajstić information content (AvgIpc) is 2.43. The number of nitrogens with one attached hydrogen (secondary N) is 2. The Balaban J connectivity index is 2.82. The first-order chi connectivity index (χ1) is 9.79. The zero-order chi connectivity index (χ0) is 16.0. The maximum atomic E-state index is 12.7. The molecule has 1 atom stereocenters. The predicted molar refractivity (Wildman–Crippen MR) is 69.4 cm³/mol. The highest BCUT2D eigenvalue weighted by molar-refractivity contribution is 6.39. The Morgan fingerprint density at radius 3 is 2.38 bits per heavy atom. The molecular weight excluding hydrogens is 289 g/mol. The molecule has 2 amide bonds. The largest absolute Gasteiger partial charge is 0.418 e. The molecule has 1 rings (SSSR count). The number of hydrogen-bond donors (Lipinski definition) is 3. The molecule has 0 saturated heterocycles. The van der Waals surface area contributed by atoms with Gasteiger partial charge in [0.15, 0.2) is 0 Å². The summed E-state index contributed by atoms with van der Waals surface area (Å²) in [5.41, 5.74) is -1.54. The van der Waals surface area contributed by atoms with Gasteiger partial charge in [-0.25, -0.2) is 0 Å². The Hall–Kier alpha value is -2.09. The zero-order valence-corrected chi connectivity index (χ0v) is 11.2. The van der Waals surface area contributed by atoms with Gasteiger partial charge in [-0.1, -0.05) is 19.1 Å². The first kappa shape index (κ1) is 17.0. The lowest BCUT2D eigenvalue weighted by Gasteiger charge is -2.15. The van der Waals surface area contributed by atoms with Gasteiger partial charge >= 0.3 is 18.0 Å². The standard InChI is InChI=1S/C13H15F3N2O3/c1-2-8(7-19)17-11(20)12(21)18-10-6-4-3-5-9(10)13(14,15)16/h3-6,8,19H,2,7H2,1H3,(H,17,20)(H,18,21). The van der Waals surface area contributed by atoms with E-state index in [0.29, 0.717) is 6.42 Å². The first-order valence-corrected chi connectivity index (χ1v) is 6.18. The summed E-state index contributed by atoms with van der Waals surface area (Å²) in [5.74, 6) is -2.33. The number of rotatable bonds is 4. The maximum Gasteiger partial charge on any atom is 0.418 e. The molecule has 5 nitrogen and oxygen atoms in total. The van der Waals surface area contributed by atoms with Crippen LogP contribution in [0.2, 0.25) is 0 Å². The van der Waals surface area contributed by atoms with E-state index in [0.717, 1.165) is 12.1 Å². The van der Waals surface area contributed by atoms with Crippen molar-refractivity contribution >= 4 is 17.5 Å². The van der Waals surface area contributed by atoms with Gasteiger partial charge in [-0.05, 0) is 18.6 Å². The van der Waals surface area contributed by atoms with Crippen molar-refractivity contribution in [2.75, 3.05) is 11.9 Å². The molecule has 0 radical (unpaired) electrons. The van der Waals surface area contributed by atoms with E-state index in [-0.39, 0.29) is 6.61 Å². The van der Waals surface area contributed by atoms with E-state index in [1.54, 1.807) is 6.92 Å². The Morgan fingerprint density at radius 2 is 1.86 bits per heavy atom. The third-order valence-electron chi connectivity index (χ3n) is 2.74. The third kappa shape index (κ3) is 4.75. The molecule has 116 valence electrons. The molecule has 3 N–H and O–H groups in total. The second kappa shape index (κ2) is 7.07. The number of carbonyl (C=O) groups is 2. The second-order valence-electron chi connectivity index (χ2n) is 4.26. The number of aliphatic hydroxyl groups excluding tert-OH is 1. The summed E-state index contributed by atoms with van der Waals surface area (Å²) < 4.78 is 38.2. The highest BCUT2D eigenvalue weighted by Crippen LogP contribution is 2.34. The fraction of sp³-hybridized carbons (Fsp3) is 0.385. The summed E-state index contributed by atoms with van der Waals surface area (Å²) >= 11 is 0. The van der Waals surface area contributed by atoms with Crippen LogP contribution in [0.5, 0.6) is 0 Å². The number of hydrogen-bond acceptors (Lipinski definition) is 3. The number of alkyl halides is 3. The van der Waals surface area contributed by atoms with Crippen molar-refractivity contribution in [1.29, 1.82) is 0 Å². The molecule has 0 aliphatic rings. The van der Waals surface area contributed by atoms with E-state index in [2.05, 4.69) is 5.32 Å². The average molecular weight is 304 g/mol. The molecule has 1 aromatic rings. The van der Waals surface area contributed by atoms with Crippen LogP contribution in [0.3, 0.4) is 0 Å². The van der Waals surface area contributed by atoms with Gasteiger partial charge in [0.2, 0.25) is 0 Å². The molecule has 0 saturated carbocycles. The Morgan fingerprint density at radius 1 is 1.24 bits per heavy atom. The van der Waals surface area contributed by atoms with Crippen LogP contribution in [0.25, 0.3) is 0 Å². The minimum Gasteiger partial charge on any atom is -0.394 e. The minimum atomic E-state index is -4.64. The molecular formula is C13H15F3N2O3. The number of para-hydroxylation sites is 1. The number of halogens is 3. The summed E-state index contributed by atoms with van der Waals surface area (Å²) in [7, 11) is 0. The number of aliphatic hydroxyl groups is 1. The summed E-state index contributed by atoms with van der Waals surface area (Å²) in [5, 5.41) is 13.0. The van der Waals surface area contributed by atoms with E-state index >= 15 is 0 Å². The van der Waals surface area contributed by atoms with Crippen LogP contribution in [-0.2, 0) is 15.8 Å². The summed E-state index contributed by atoms with van der Waals surface area (Å²) in [4.78, 5) is 23.1. The van der Waals surface area contributed by atoms with Crippen LogP contribution in [0.1, 0.15) is 18.9 Å². The summed E-state index contributed by atoms with van der Waals surface area (Å²) in [6.07, 6.45) is -4.26. The molecule has 21 heavy (non-hydrogen) atoms. The van der Waals surface area contributed by atoms with Gasteiger partial charge in [-0.2, -0.15) is 13.2 Å². The topological polar surface area (TPSA) is 78.4 Å². The van der Waals surface area contributed by atoms with Crippen molar-refractivity contribution in [1.82, 2.24) is 5.32 Å². The number of benzene rings is 1. The van der Waals surface area contributed by atoms with Gasteiger partial charge in [0.1, 0.15) is 0 Å². The first-order valence-electron chi connectivity index (χ1n) is 6.18. The van der Waals surface area contributed by atoms with Crippen molar-refractivity contribution in [2.45, 2.75) is 25.6 Å². The lowest BCUT2D eigenvalue weighted by atomic mass is 10.1. The monoisotopic (exact) mass is 304 g/mol. The van der Waals surface area contributed by atoms with E-state index in [9.17, 15) is 22.8 Å². The molecule has 0 heterocycles. The van der Waals surface area contributed by atoms with Crippen LogP contribution in [0, 0.1) is 0 Å². The van der Waals surface area contributed by atoms with E-state index in [4.69, 9.17) is 5.11 Å². The highest BCUT2D eigenvalue weighted by atomic mass is 19.4. The summed E-state index contributed by atoms with van der Waals surface area (Å²) in [6.45, 7) is 1.31. The zero-order valence-electron chi connectivity index (χ0n) is 11.2. The lowest BCUT2D eigenvalue weighted by Crippen LogP contribution is -2.43. The van der Waals surface area contributed by atoms with Gasteiger partial charge in [0.25, 0.3) is 0 Å². The fourth-order valence-corrected chi connectivity index (χ4v) is 1.55. The fourth-order valence-electron chi connectivity index (χ4n) is 1.55. The van der Waals surface area contributed by atoms with E-state index < -0.39 is 35.3 Å². The molecule has 8 heteroatoms. The van der Waals surface area contributed by atoms with Crippen molar-refractivity contribution in [3.63, 3.8) is 0 Å². The van der Waals surface area contributed by atoms with E-state index in [1.807, 2.05) is 5.32 Å². The van der Waals surface area contributed by atoms with Crippen molar-refractivity contribution in [3.8, 4) is 0 Å². The van der Waals surface area contributed by atoms with Crippen LogP contribution in [0.4, 0.5) is 18.9 Å². The molecule has 0 bridgehead atoms. The van der Waals surface area contributed by atoms with E-state index in [1.165, 1.54) is 12.1 Å². The van der Waals surface area contributed by atoms with Crippen LogP contribution >= 0.6 is 0 Å². The molecule has 0 fully saturated rings. The molecule has 0 aliphatic heterocycles. The molecule has 0 aromatic heterocycles. The molecule has 0 aliphatic carbocycles. The normalized spacial score (nSPS) is 12.6. The molecule has 1 aromatic carbocycles. The van der Waals surface area contributed by atoms with Gasteiger partial charge in [-0.3, -0.25) is 9.59 Å². The summed E-state index contributed by atoms with van der Waals surface area (Å²) in [6, 6.07) is 3.72. The smallest absolute Gasteiger partial charge is 0.394 e. The Bertz CT molecular complexity index is 514. The van der Waals surface area contributed by atoms with Gasteiger partial charge in [0, 0.05) is 0 Å². The number of anilines is 1. The Labute approximate surface area is 119 Å².